The number of halogens is 1. The highest BCUT2D eigenvalue weighted by molar-refractivity contribution is 9.10. The number of hydrogen-bond acceptors (Lipinski definition) is 5. The molecule has 3 rings (SSSR count). The molecule has 1 amide bonds. The van der Waals surface area contributed by atoms with Crippen LogP contribution in [0.2, 0.25) is 0 Å². The minimum atomic E-state index is -0.0593. The fourth-order valence-corrected chi connectivity index (χ4v) is 2.59. The van der Waals surface area contributed by atoms with Crippen molar-refractivity contribution in [2.45, 2.75) is 6.92 Å². The first-order valence-corrected chi connectivity index (χ1v) is 7.87. The van der Waals surface area contributed by atoms with Crippen molar-refractivity contribution in [1.29, 1.82) is 0 Å². The second kappa shape index (κ2) is 6.39. The van der Waals surface area contributed by atoms with Gasteiger partial charge in [-0.25, -0.2) is 9.97 Å². The molecule has 114 valence electrons. The quantitative estimate of drug-likeness (QED) is 0.817. The molecule has 1 aliphatic heterocycles. The molecule has 0 N–H and O–H groups in total. The first kappa shape index (κ1) is 14.9. The number of piperazine rings is 1. The topological polar surface area (TPSA) is 62.2 Å². The minimum Gasteiger partial charge on any atom is -0.353 e. The molecule has 22 heavy (non-hydrogen) atoms. The smallest absolute Gasteiger partial charge is 0.274 e. The van der Waals surface area contributed by atoms with Gasteiger partial charge in [0.2, 0.25) is 0 Å². The molecule has 0 aliphatic carbocycles. The van der Waals surface area contributed by atoms with Crippen molar-refractivity contribution >= 4 is 27.7 Å². The number of anilines is 1. The van der Waals surface area contributed by atoms with E-state index in [-0.39, 0.29) is 5.91 Å². The lowest BCUT2D eigenvalue weighted by molar-refractivity contribution is 0.0740. The zero-order valence-corrected chi connectivity index (χ0v) is 13.8. The van der Waals surface area contributed by atoms with Gasteiger partial charge in [-0.15, -0.1) is 0 Å². The molecule has 0 atom stereocenters. The molecule has 0 aromatic carbocycles. The molecule has 0 spiro atoms. The van der Waals surface area contributed by atoms with Crippen LogP contribution in [-0.4, -0.2) is 51.9 Å². The van der Waals surface area contributed by atoms with Crippen LogP contribution in [0.5, 0.6) is 0 Å². The van der Waals surface area contributed by atoms with E-state index in [0.717, 1.165) is 29.1 Å². The number of hydrogen-bond donors (Lipinski definition) is 0. The summed E-state index contributed by atoms with van der Waals surface area (Å²) in [6.07, 6.45) is 4.95. The SMILES string of the molecule is Cc1cnc(C(=O)N2CCN(c3ccc(Br)cn3)CC2)cn1. The molecular formula is C15H16BrN5O. The molecule has 0 radical (unpaired) electrons. The van der Waals surface area contributed by atoms with E-state index in [9.17, 15) is 4.79 Å². The second-order valence-corrected chi connectivity index (χ2v) is 6.07. The summed E-state index contributed by atoms with van der Waals surface area (Å²) < 4.78 is 0.961. The third-order valence-electron chi connectivity index (χ3n) is 3.60. The average Bonchev–Trinajstić information content (AvgIpc) is 2.56. The lowest BCUT2D eigenvalue weighted by atomic mass is 10.2. The number of nitrogens with zero attached hydrogens (tertiary/aromatic N) is 5. The van der Waals surface area contributed by atoms with E-state index in [1.54, 1.807) is 18.6 Å². The van der Waals surface area contributed by atoms with Crippen LogP contribution in [0, 0.1) is 6.92 Å². The number of aromatic nitrogens is 3. The molecule has 0 unspecified atom stereocenters. The van der Waals surface area contributed by atoms with Crippen LogP contribution in [0.25, 0.3) is 0 Å². The maximum atomic E-state index is 12.4. The van der Waals surface area contributed by atoms with Gasteiger partial charge in [-0.05, 0) is 35.0 Å². The Hall–Kier alpha value is -2.02. The summed E-state index contributed by atoms with van der Waals surface area (Å²) >= 11 is 3.38. The standard InChI is InChI=1S/C15H16BrN5O/c1-11-8-18-13(10-17-11)15(22)21-6-4-20(5-7-21)14-3-2-12(16)9-19-14/h2-3,8-10H,4-7H2,1H3. The largest absolute Gasteiger partial charge is 0.353 e. The summed E-state index contributed by atoms with van der Waals surface area (Å²) in [4.78, 5) is 29.1. The minimum absolute atomic E-state index is 0.0593. The molecular weight excluding hydrogens is 346 g/mol. The maximum Gasteiger partial charge on any atom is 0.274 e. The van der Waals surface area contributed by atoms with Gasteiger partial charge in [0.05, 0.1) is 11.9 Å². The summed E-state index contributed by atoms with van der Waals surface area (Å²) in [6.45, 7) is 4.70. The summed E-state index contributed by atoms with van der Waals surface area (Å²) in [5.74, 6) is 0.876. The lowest BCUT2D eigenvalue weighted by Crippen LogP contribution is -2.49. The zero-order valence-electron chi connectivity index (χ0n) is 12.2. The molecule has 1 saturated heterocycles. The summed E-state index contributed by atoms with van der Waals surface area (Å²) in [6, 6.07) is 3.95. The van der Waals surface area contributed by atoms with Gasteiger partial charge in [0.25, 0.3) is 5.91 Å². The average molecular weight is 362 g/mol. The number of rotatable bonds is 2. The third-order valence-corrected chi connectivity index (χ3v) is 4.07. The highest BCUT2D eigenvalue weighted by Crippen LogP contribution is 2.17. The Morgan fingerprint density at radius 3 is 2.41 bits per heavy atom. The first-order chi connectivity index (χ1) is 10.6. The van der Waals surface area contributed by atoms with Crippen molar-refractivity contribution in [3.05, 3.63) is 46.6 Å². The fraction of sp³-hybridized carbons (Fsp3) is 0.333. The monoisotopic (exact) mass is 361 g/mol. The maximum absolute atomic E-state index is 12.4. The van der Waals surface area contributed by atoms with Crippen LogP contribution < -0.4 is 4.90 Å². The van der Waals surface area contributed by atoms with Crippen LogP contribution in [0.1, 0.15) is 16.2 Å². The Balaban J connectivity index is 1.62. The predicted molar refractivity (Wildman–Crippen MR) is 86.8 cm³/mol. The van der Waals surface area contributed by atoms with Gasteiger partial charge < -0.3 is 9.80 Å². The van der Waals surface area contributed by atoms with Crippen LogP contribution in [0.3, 0.4) is 0 Å². The molecule has 1 fully saturated rings. The predicted octanol–water partition coefficient (Wildman–Crippen LogP) is 1.90. The van der Waals surface area contributed by atoms with E-state index in [1.807, 2.05) is 24.0 Å². The van der Waals surface area contributed by atoms with Crippen molar-refractivity contribution in [2.24, 2.45) is 0 Å². The molecule has 0 saturated carbocycles. The molecule has 2 aromatic rings. The van der Waals surface area contributed by atoms with Crippen molar-refractivity contribution in [3.8, 4) is 0 Å². The van der Waals surface area contributed by atoms with E-state index < -0.39 is 0 Å². The molecule has 0 bridgehead atoms. The Bertz CT molecular complexity index is 651. The van der Waals surface area contributed by atoms with Crippen molar-refractivity contribution in [3.63, 3.8) is 0 Å². The van der Waals surface area contributed by atoms with Gasteiger partial charge in [-0.1, -0.05) is 0 Å². The highest BCUT2D eigenvalue weighted by Gasteiger charge is 2.23. The Morgan fingerprint density at radius 2 is 1.82 bits per heavy atom. The van der Waals surface area contributed by atoms with E-state index >= 15 is 0 Å². The molecule has 3 heterocycles. The molecule has 2 aromatic heterocycles. The number of pyridine rings is 1. The van der Waals surface area contributed by atoms with E-state index in [2.05, 4.69) is 35.8 Å². The van der Waals surface area contributed by atoms with Crippen LogP contribution >= 0.6 is 15.9 Å². The second-order valence-electron chi connectivity index (χ2n) is 5.16. The van der Waals surface area contributed by atoms with Crippen LogP contribution in [0.4, 0.5) is 5.82 Å². The van der Waals surface area contributed by atoms with E-state index in [1.165, 1.54) is 0 Å². The first-order valence-electron chi connectivity index (χ1n) is 7.08. The Morgan fingerprint density at radius 1 is 1.05 bits per heavy atom. The third kappa shape index (κ3) is 3.24. The van der Waals surface area contributed by atoms with Crippen molar-refractivity contribution < 1.29 is 4.79 Å². The van der Waals surface area contributed by atoms with E-state index in [4.69, 9.17) is 0 Å². The van der Waals surface area contributed by atoms with Crippen LogP contribution in [-0.2, 0) is 0 Å². The van der Waals surface area contributed by atoms with Crippen LogP contribution in [0.15, 0.2) is 35.2 Å². The Kier molecular flexibility index (Phi) is 4.33. The molecule has 7 heteroatoms. The van der Waals surface area contributed by atoms with E-state index in [0.29, 0.717) is 18.8 Å². The zero-order chi connectivity index (χ0) is 15.5. The summed E-state index contributed by atoms with van der Waals surface area (Å²) in [5.41, 5.74) is 1.21. The van der Waals surface area contributed by atoms with Crippen molar-refractivity contribution in [2.75, 3.05) is 31.1 Å². The highest BCUT2D eigenvalue weighted by atomic mass is 79.9. The van der Waals surface area contributed by atoms with Gasteiger partial charge in [0.15, 0.2) is 0 Å². The van der Waals surface area contributed by atoms with Gasteiger partial charge in [-0.3, -0.25) is 9.78 Å². The Labute approximate surface area is 137 Å². The number of aryl methyl sites for hydroxylation is 1. The lowest BCUT2D eigenvalue weighted by Gasteiger charge is -2.35. The summed E-state index contributed by atoms with van der Waals surface area (Å²) in [5, 5.41) is 0. The van der Waals surface area contributed by atoms with Crippen molar-refractivity contribution in [1.82, 2.24) is 19.9 Å². The fourth-order valence-electron chi connectivity index (χ4n) is 2.36. The van der Waals surface area contributed by atoms with Gasteiger partial charge >= 0.3 is 0 Å². The summed E-state index contributed by atoms with van der Waals surface area (Å²) in [7, 11) is 0. The number of carbonyl (C=O) groups is 1. The van der Waals surface area contributed by atoms with Gasteiger partial charge in [-0.2, -0.15) is 0 Å². The number of amides is 1. The van der Waals surface area contributed by atoms with Gasteiger partial charge in [0.1, 0.15) is 11.5 Å². The van der Waals surface area contributed by atoms with Gasteiger partial charge in [0, 0.05) is 43.0 Å². The number of carbonyl (C=O) groups excluding carboxylic acids is 1. The molecule has 1 aliphatic rings. The molecule has 6 nitrogen and oxygen atoms in total. The normalized spacial score (nSPS) is 15.0.